The number of nitrogens with one attached hydrogen (secondary N) is 3. The number of carboxylic acids is 3. The number of hydrogen-bond donors (Lipinski definition) is 9. The zero-order chi connectivity index (χ0) is 92.7. The maximum absolute atomic E-state index is 12.8. The van der Waals surface area contributed by atoms with Crippen LogP contribution in [0.3, 0.4) is 0 Å². The van der Waals surface area contributed by atoms with E-state index in [2.05, 4.69) is 69.5 Å². The zero-order valence-corrected chi connectivity index (χ0v) is 73.6. The molecule has 25 heteroatoms. The summed E-state index contributed by atoms with van der Waals surface area (Å²) in [5.74, 6) is -1.81. The van der Waals surface area contributed by atoms with Crippen molar-refractivity contribution in [3.05, 3.63) is 386 Å². The van der Waals surface area contributed by atoms with Crippen molar-refractivity contribution in [2.24, 2.45) is 0 Å². The quantitative estimate of drug-likeness (QED) is 0.0320. The van der Waals surface area contributed by atoms with E-state index in [4.69, 9.17) is 62.8 Å². The molecule has 0 atom stereocenters. The smallest absolute Gasteiger partial charge is 0.336 e. The molecule has 0 spiro atoms. The molecule has 3 aliphatic carbocycles. The molecular weight excluding hydrogens is 1740 g/mol. The number of phenols is 3. The first-order valence-electron chi connectivity index (χ1n) is 42.2. The van der Waals surface area contributed by atoms with Crippen LogP contribution < -0.4 is 37.0 Å². The minimum Gasteiger partial charge on any atom is -0.507 e. The average molecular weight is 1820 g/mol. The zero-order valence-electron chi connectivity index (χ0n) is 71.3. The van der Waals surface area contributed by atoms with E-state index in [0.717, 1.165) is 72.3 Å². The Balaban J connectivity index is 0.000000135. The molecule has 0 fully saturated rings. The van der Waals surface area contributed by atoms with Crippen molar-refractivity contribution in [1.29, 1.82) is 0 Å². The van der Waals surface area contributed by atoms with Crippen molar-refractivity contribution in [3.63, 3.8) is 0 Å². The predicted octanol–water partition coefficient (Wildman–Crippen LogP) is 24.9. The van der Waals surface area contributed by atoms with Gasteiger partial charge in [0.25, 0.3) is 0 Å². The summed E-state index contributed by atoms with van der Waals surface area (Å²) in [6.45, 7) is 8.37. The number of phenolic OH excluding ortho intramolecular Hbond substituents is 3. The Bertz CT molecular complexity index is 8190. The van der Waals surface area contributed by atoms with Crippen LogP contribution in [-0.2, 0) is 26.1 Å². The number of aromatic hydroxyl groups is 3. The summed E-state index contributed by atoms with van der Waals surface area (Å²) in [6, 6.07) is 82.1. The molecule has 0 saturated heterocycles. The second-order valence-corrected chi connectivity index (χ2v) is 33.1. The van der Waals surface area contributed by atoms with Gasteiger partial charge in [-0.05, 0) is 200 Å². The van der Waals surface area contributed by atoms with Crippen LogP contribution in [0.25, 0.3) is 144 Å². The Hall–Kier alpha value is -16.4. The number of carboxylic acid groups (broad SMARTS) is 3. The summed E-state index contributed by atoms with van der Waals surface area (Å²) in [5, 5.41) is 78.1. The number of ether oxygens (including phenoxy) is 1. The number of carbonyl (C=O) groups is 3. The van der Waals surface area contributed by atoms with Gasteiger partial charge in [0.05, 0.1) is 88.7 Å². The third-order valence-electron chi connectivity index (χ3n) is 23.3. The van der Waals surface area contributed by atoms with Crippen LogP contribution in [0.4, 0.5) is 17.1 Å². The van der Waals surface area contributed by atoms with Crippen molar-refractivity contribution in [3.8, 4) is 101 Å². The molecule has 6 heterocycles. The summed E-state index contributed by atoms with van der Waals surface area (Å²) in [6.07, 6.45) is 0.675. The Morgan fingerprint density at radius 3 is 1.38 bits per heavy atom. The molecule has 3 aliphatic heterocycles. The fraction of sp³-hybridized carbons (Fsp3) is 0.0833. The number of halogens is 3. The van der Waals surface area contributed by atoms with E-state index < -0.39 is 28.8 Å². The number of anilines is 3. The number of hydrogen-bond acceptors (Lipinski definition) is 19. The highest BCUT2D eigenvalue weighted by Gasteiger charge is 2.30. The standard InChI is InChI=1S/C44H32N2O5.C33H25ClN2O6.C31H20Cl2N2O5/c1-26-20-35-40(24-39(26)48)51-43-34(41(35)32-14-8-9-15-33(32)44(49)50)18-19-38(47)36(43)25-45-37-23-30(28-12-6-3-7-13-28)22-29-16-17-31(46-42(29)37)21-27-10-4-2-5-11-27;1-3-41-21-12-20-5-4-17(2)36-31(20)26(13-21)35-16-24-27(37)11-10-22-30(18-6-8-19(9-7-18)33(39)40)23-14-25(34)28(38)15-29(23)42-32(22)24;1-15-6-7-18-22(32)9-10-24(29(18)35-15)34-14-21-25(36)11-8-19-28(16-4-2-3-5-17(16)31(38)39)20-12-23(33)26(37)13-27(20)40-30(19)21/h2-20,22-24,45,47H,21,25H2,1H3,(H,49,50);4-15,35,37H,3,16H2,1-2H3,(H,39,40);2-13,34,36H,14H2,1H3,(H,38,39). The van der Waals surface area contributed by atoms with Gasteiger partial charge in [0.15, 0.2) is 5.43 Å². The molecule has 6 aliphatic rings. The normalized spacial score (nSPS) is 11.3. The number of pyridine rings is 3. The highest BCUT2D eigenvalue weighted by molar-refractivity contribution is 6.36. The van der Waals surface area contributed by atoms with E-state index in [1.165, 1.54) is 48.5 Å². The minimum atomic E-state index is -1.11. The van der Waals surface area contributed by atoms with Gasteiger partial charge in [-0.3, -0.25) is 29.3 Å². The fourth-order valence-corrected chi connectivity index (χ4v) is 17.4. The van der Waals surface area contributed by atoms with Gasteiger partial charge in [0, 0.05) is 133 Å². The van der Waals surface area contributed by atoms with E-state index in [-0.39, 0.29) is 80.6 Å². The summed E-state index contributed by atoms with van der Waals surface area (Å²) < 4.78 is 24.7. The van der Waals surface area contributed by atoms with Gasteiger partial charge >= 0.3 is 17.9 Å². The number of nitrogens with zero attached hydrogens (tertiary/aromatic N) is 3. The molecule has 0 radical (unpaired) electrons. The predicted molar refractivity (Wildman–Crippen MR) is 522 cm³/mol. The lowest BCUT2D eigenvalue weighted by atomic mass is 9.89. The largest absolute Gasteiger partial charge is 0.507 e. The van der Waals surface area contributed by atoms with Crippen LogP contribution in [0.2, 0.25) is 15.1 Å². The summed E-state index contributed by atoms with van der Waals surface area (Å²) >= 11 is 18.8. The summed E-state index contributed by atoms with van der Waals surface area (Å²) in [5.41, 5.74) is 17.4. The first-order chi connectivity index (χ1) is 64.3. The number of fused-ring (bicyclic) bond motifs is 9. The molecule has 9 N–H and O–H groups in total. The number of aryl methyl sites for hydroxylation is 3. The molecule has 0 saturated carbocycles. The Morgan fingerprint density at radius 2 is 0.835 bits per heavy atom. The summed E-state index contributed by atoms with van der Waals surface area (Å²) in [4.78, 5) is 88.3. The average Bonchev–Trinajstić information content (AvgIpc) is 0.748. The monoisotopic (exact) mass is 1820 g/mol. The maximum atomic E-state index is 12.8. The molecule has 0 amide bonds. The van der Waals surface area contributed by atoms with Gasteiger partial charge in [0.2, 0.25) is 10.9 Å². The van der Waals surface area contributed by atoms with E-state index in [1.54, 1.807) is 110 Å². The van der Waals surface area contributed by atoms with E-state index in [9.17, 15) is 59.4 Å². The second-order valence-electron chi connectivity index (χ2n) is 31.9. The second kappa shape index (κ2) is 36.6. The molecule has 133 heavy (non-hydrogen) atoms. The molecule has 20 rings (SSSR count). The Kier molecular flexibility index (Phi) is 24.0. The third kappa shape index (κ3) is 17.4. The number of rotatable bonds is 20. The van der Waals surface area contributed by atoms with Gasteiger partial charge in [-0.15, -0.1) is 0 Å². The molecule has 22 nitrogen and oxygen atoms in total. The van der Waals surface area contributed by atoms with E-state index >= 15 is 0 Å². The van der Waals surface area contributed by atoms with Crippen LogP contribution in [0.15, 0.2) is 307 Å². The minimum absolute atomic E-state index is 0.00371. The number of benzene rings is 14. The van der Waals surface area contributed by atoms with Crippen LogP contribution in [0, 0.1) is 20.8 Å². The maximum Gasteiger partial charge on any atom is 0.336 e. The lowest BCUT2D eigenvalue weighted by molar-refractivity contribution is 0.0686. The number of aromatic carboxylic acids is 3. The van der Waals surface area contributed by atoms with E-state index in [0.29, 0.717) is 146 Å². The molecule has 0 unspecified atom stereocenters. The summed E-state index contributed by atoms with van der Waals surface area (Å²) in [7, 11) is 0. The van der Waals surface area contributed by atoms with Gasteiger partial charge in [-0.25, -0.2) is 14.4 Å². The van der Waals surface area contributed by atoms with Crippen LogP contribution in [-0.4, -0.2) is 70.1 Å². The number of aromatic nitrogens is 3. The SMILES string of the molecule is CCOc1cc(NCc2c(O)ccc3c(-c4ccc(C(=O)O)cc4)c4cc(Cl)c(=O)cc-4oc23)c2nc(C)ccc2c1.Cc1cc2c(-c3ccccc3C(=O)O)c3ccc(O)c(CNc4cc(-c5ccccc5)cc5ccc(Cc6ccccc6)nc45)c3oc-2cc1=O.Cc1ccc2c(Cl)ccc(NCc3c(O)ccc4c(-c5ccccc5C(=O)O)c5cc(Cl)c(=O)cc-5oc34)c2n1. The van der Waals surface area contributed by atoms with Crippen molar-refractivity contribution in [2.45, 2.75) is 53.8 Å². The highest BCUT2D eigenvalue weighted by atomic mass is 35.5. The Morgan fingerprint density at radius 1 is 0.376 bits per heavy atom. The van der Waals surface area contributed by atoms with Gasteiger partial charge < -0.3 is 64.6 Å². The molecule has 11 aromatic carbocycles. The first-order valence-corrected chi connectivity index (χ1v) is 43.3. The molecule has 3 aromatic heterocycles. The van der Waals surface area contributed by atoms with Crippen molar-refractivity contribution >= 4 is 135 Å². The Labute approximate surface area is 772 Å². The lowest BCUT2D eigenvalue weighted by Gasteiger charge is -2.20. The first kappa shape index (κ1) is 87.3. The topological polar surface area (TPSA) is 347 Å². The molecule has 14 aromatic rings. The lowest BCUT2D eigenvalue weighted by Crippen LogP contribution is -2.08. The van der Waals surface area contributed by atoms with Crippen molar-refractivity contribution in [1.82, 2.24) is 15.0 Å². The molecule has 656 valence electrons. The highest BCUT2D eigenvalue weighted by Crippen LogP contribution is 2.49. The van der Waals surface area contributed by atoms with Crippen molar-refractivity contribution in [2.75, 3.05) is 22.6 Å². The van der Waals surface area contributed by atoms with Gasteiger partial charge in [0.1, 0.15) is 57.0 Å². The van der Waals surface area contributed by atoms with Crippen LogP contribution in [0.1, 0.15) is 82.9 Å². The molecule has 0 bridgehead atoms. The third-order valence-corrected chi connectivity index (χ3v) is 24.2. The van der Waals surface area contributed by atoms with Crippen molar-refractivity contribution < 1.29 is 63.0 Å². The van der Waals surface area contributed by atoms with Crippen LogP contribution in [0.5, 0.6) is 23.0 Å². The molecular formula is C108H77Cl3N6O16. The fourth-order valence-electron chi connectivity index (χ4n) is 16.9. The van der Waals surface area contributed by atoms with Gasteiger partial charge in [-0.1, -0.05) is 156 Å². The van der Waals surface area contributed by atoms with Crippen LogP contribution >= 0.6 is 34.8 Å². The van der Waals surface area contributed by atoms with E-state index in [1.807, 2.05) is 99.6 Å². The van der Waals surface area contributed by atoms with Gasteiger partial charge in [-0.2, -0.15) is 0 Å².